The molecule has 0 bridgehead atoms. The Labute approximate surface area is 223 Å². The summed E-state index contributed by atoms with van der Waals surface area (Å²) in [6, 6.07) is 27.6. The number of hydrogen-bond acceptors (Lipinski definition) is 2. The number of fused-ring (bicyclic) bond motifs is 3. The second-order valence-corrected chi connectivity index (χ2v) is 10.4. The van der Waals surface area contributed by atoms with E-state index in [4.69, 9.17) is 0 Å². The van der Waals surface area contributed by atoms with Crippen LogP contribution in [0.1, 0.15) is 60.5 Å². The summed E-state index contributed by atoms with van der Waals surface area (Å²) < 4.78 is 0. The summed E-state index contributed by atoms with van der Waals surface area (Å²) in [5, 5.41) is 4.39. The van der Waals surface area contributed by atoms with Gasteiger partial charge in [-0.3, -0.25) is 9.59 Å². The minimum atomic E-state index is -0.743. The highest BCUT2D eigenvalue weighted by atomic mass is 16.2. The summed E-state index contributed by atoms with van der Waals surface area (Å²) >= 11 is 0. The van der Waals surface area contributed by atoms with Crippen molar-refractivity contribution in [3.8, 4) is 0 Å². The first-order valence-corrected chi connectivity index (χ1v) is 13.7. The fourth-order valence-electron chi connectivity index (χ4n) is 6.01. The number of rotatable bonds is 5. The number of benzene rings is 3. The molecule has 0 radical (unpaired) electrons. The lowest BCUT2D eigenvalue weighted by Crippen LogP contribution is -2.47. The molecule has 0 saturated heterocycles. The summed E-state index contributed by atoms with van der Waals surface area (Å²) in [5.74, 6) is -0.163. The molecule has 0 spiro atoms. The molecule has 3 aromatic carbocycles. The number of hydrogen-bond donors (Lipinski definition) is 2. The predicted molar refractivity (Wildman–Crippen MR) is 151 cm³/mol. The molecule has 2 heterocycles. The molecule has 6 rings (SSSR count). The average Bonchev–Trinajstić information content (AvgIpc) is 3.23. The van der Waals surface area contributed by atoms with Crippen molar-refractivity contribution in [1.29, 1.82) is 0 Å². The highest BCUT2D eigenvalue weighted by Gasteiger charge is 2.38. The predicted octanol–water partition coefficient (Wildman–Crippen LogP) is 6.17. The molecule has 1 aliphatic carbocycles. The maximum Gasteiger partial charge on any atom is 0.249 e. The van der Waals surface area contributed by atoms with Gasteiger partial charge < -0.3 is 15.2 Å². The van der Waals surface area contributed by atoms with Crippen LogP contribution >= 0.6 is 0 Å². The Bertz CT molecular complexity index is 1470. The quantitative estimate of drug-likeness (QED) is 0.342. The van der Waals surface area contributed by atoms with Gasteiger partial charge in [-0.1, -0.05) is 104 Å². The Hall–Kier alpha value is -4.12. The standard InChI is InChI=1S/C33H33N3O2/c37-29(22-23-12-4-1-5-13-23)36-21-20-26(24-14-6-2-7-15-24)30-27-18-10-11-19-28(27)35-31(30)32(36)33(38)34-25-16-8-3-9-17-25/h1-2,4-7,10-15,18-20,25,32,35H,3,8-9,16-17,21-22H2,(H,34,38). The van der Waals surface area contributed by atoms with Gasteiger partial charge in [-0.25, -0.2) is 0 Å². The van der Waals surface area contributed by atoms with Crippen LogP contribution in [0.5, 0.6) is 0 Å². The number of carbonyl (C=O) groups is 2. The first kappa shape index (κ1) is 24.2. The van der Waals surface area contributed by atoms with Crippen molar-refractivity contribution in [2.24, 2.45) is 0 Å². The van der Waals surface area contributed by atoms with E-state index in [1.54, 1.807) is 4.90 Å². The van der Waals surface area contributed by atoms with E-state index in [1.165, 1.54) is 6.42 Å². The molecule has 5 nitrogen and oxygen atoms in total. The van der Waals surface area contributed by atoms with Gasteiger partial charge in [0.2, 0.25) is 11.8 Å². The van der Waals surface area contributed by atoms with Gasteiger partial charge in [0, 0.05) is 29.1 Å². The van der Waals surface area contributed by atoms with Crippen LogP contribution < -0.4 is 5.32 Å². The first-order valence-electron chi connectivity index (χ1n) is 13.7. The van der Waals surface area contributed by atoms with Gasteiger partial charge in [-0.05, 0) is 35.6 Å². The molecular weight excluding hydrogens is 470 g/mol. The second-order valence-electron chi connectivity index (χ2n) is 10.4. The van der Waals surface area contributed by atoms with Crippen molar-refractivity contribution in [2.75, 3.05) is 6.54 Å². The fourth-order valence-corrected chi connectivity index (χ4v) is 6.01. The average molecular weight is 504 g/mol. The van der Waals surface area contributed by atoms with E-state index in [0.717, 1.165) is 64.5 Å². The van der Waals surface area contributed by atoms with Crippen LogP contribution in [0.2, 0.25) is 0 Å². The van der Waals surface area contributed by atoms with Gasteiger partial charge in [0.25, 0.3) is 0 Å². The van der Waals surface area contributed by atoms with E-state index in [9.17, 15) is 9.59 Å². The van der Waals surface area contributed by atoms with Crippen LogP contribution in [-0.2, 0) is 16.0 Å². The number of nitrogens with zero attached hydrogens (tertiary/aromatic N) is 1. The van der Waals surface area contributed by atoms with Crippen LogP contribution in [0.25, 0.3) is 16.5 Å². The molecule has 1 aromatic heterocycles. The van der Waals surface area contributed by atoms with E-state index in [2.05, 4.69) is 34.6 Å². The van der Waals surface area contributed by atoms with Crippen LogP contribution in [0, 0.1) is 0 Å². The van der Waals surface area contributed by atoms with Gasteiger partial charge in [0.05, 0.1) is 12.1 Å². The third-order valence-corrected chi connectivity index (χ3v) is 7.88. The summed E-state index contributed by atoms with van der Waals surface area (Å²) in [6.07, 6.45) is 7.82. The van der Waals surface area contributed by atoms with Crippen molar-refractivity contribution in [3.63, 3.8) is 0 Å². The number of aromatic amines is 1. The van der Waals surface area contributed by atoms with Crippen LogP contribution in [0.4, 0.5) is 0 Å². The molecule has 1 aliphatic heterocycles. The van der Waals surface area contributed by atoms with E-state index < -0.39 is 6.04 Å². The number of H-pyrrole nitrogens is 1. The third-order valence-electron chi connectivity index (χ3n) is 7.88. The molecule has 2 N–H and O–H groups in total. The number of nitrogens with one attached hydrogen (secondary N) is 2. The van der Waals surface area contributed by atoms with E-state index in [0.29, 0.717) is 6.54 Å². The highest BCUT2D eigenvalue weighted by Crippen LogP contribution is 2.40. The zero-order valence-corrected chi connectivity index (χ0v) is 21.5. The number of para-hydroxylation sites is 1. The second kappa shape index (κ2) is 10.7. The van der Waals surface area contributed by atoms with Crippen molar-refractivity contribution in [3.05, 3.63) is 113 Å². The van der Waals surface area contributed by atoms with Crippen molar-refractivity contribution in [1.82, 2.24) is 15.2 Å². The molecule has 192 valence electrons. The molecule has 2 amide bonds. The zero-order chi connectivity index (χ0) is 25.9. The Morgan fingerprint density at radius 2 is 1.53 bits per heavy atom. The minimum Gasteiger partial charge on any atom is -0.356 e. The van der Waals surface area contributed by atoms with E-state index >= 15 is 0 Å². The molecule has 1 fully saturated rings. The summed E-state index contributed by atoms with van der Waals surface area (Å²) in [6.45, 7) is 0.357. The Morgan fingerprint density at radius 1 is 0.842 bits per heavy atom. The van der Waals surface area contributed by atoms with Gasteiger partial charge in [0.1, 0.15) is 0 Å². The maximum atomic E-state index is 14.1. The molecule has 1 atom stereocenters. The van der Waals surface area contributed by atoms with Crippen LogP contribution in [0.15, 0.2) is 91.0 Å². The van der Waals surface area contributed by atoms with Gasteiger partial charge >= 0.3 is 0 Å². The Balaban J connectivity index is 1.48. The Morgan fingerprint density at radius 3 is 2.29 bits per heavy atom. The van der Waals surface area contributed by atoms with Gasteiger partial charge in [-0.15, -0.1) is 0 Å². The third kappa shape index (κ3) is 4.76. The number of carbonyl (C=O) groups excluding carboxylic acids is 2. The maximum absolute atomic E-state index is 14.1. The lowest BCUT2D eigenvalue weighted by molar-refractivity contribution is -0.140. The molecular formula is C33H33N3O2. The normalized spacial score (nSPS) is 17.9. The number of amides is 2. The van der Waals surface area contributed by atoms with Crippen molar-refractivity contribution < 1.29 is 9.59 Å². The summed E-state index contributed by atoms with van der Waals surface area (Å²) in [4.78, 5) is 33.4. The zero-order valence-electron chi connectivity index (χ0n) is 21.5. The lowest BCUT2D eigenvalue weighted by Gasteiger charge is -2.32. The lowest BCUT2D eigenvalue weighted by atomic mass is 9.93. The first-order chi connectivity index (χ1) is 18.7. The van der Waals surface area contributed by atoms with Crippen molar-refractivity contribution in [2.45, 2.75) is 50.6 Å². The van der Waals surface area contributed by atoms with Crippen LogP contribution in [0.3, 0.4) is 0 Å². The summed E-state index contributed by atoms with van der Waals surface area (Å²) in [5.41, 5.74) is 5.81. The van der Waals surface area contributed by atoms with Gasteiger partial charge in [0.15, 0.2) is 6.04 Å². The largest absolute Gasteiger partial charge is 0.356 e. The molecule has 2 aliphatic rings. The monoisotopic (exact) mass is 503 g/mol. The highest BCUT2D eigenvalue weighted by molar-refractivity contribution is 6.02. The molecule has 1 saturated carbocycles. The van der Waals surface area contributed by atoms with E-state index in [1.807, 2.05) is 66.7 Å². The van der Waals surface area contributed by atoms with Crippen LogP contribution in [-0.4, -0.2) is 34.3 Å². The van der Waals surface area contributed by atoms with E-state index in [-0.39, 0.29) is 24.3 Å². The smallest absolute Gasteiger partial charge is 0.249 e. The van der Waals surface area contributed by atoms with Crippen molar-refractivity contribution >= 4 is 28.3 Å². The topological polar surface area (TPSA) is 65.2 Å². The SMILES string of the molecule is O=C(NC1CCCCC1)C1c2[nH]c3ccccc3c2C(c2ccccc2)=CCN1C(=O)Cc1ccccc1. The molecule has 1 unspecified atom stereocenters. The van der Waals surface area contributed by atoms with Gasteiger partial charge in [-0.2, -0.15) is 0 Å². The Kier molecular flexibility index (Phi) is 6.82. The molecule has 4 aromatic rings. The molecule has 5 heteroatoms. The molecule has 38 heavy (non-hydrogen) atoms. The fraction of sp³-hybridized carbons (Fsp3) is 0.273. The summed E-state index contributed by atoms with van der Waals surface area (Å²) in [7, 11) is 0. The number of aromatic nitrogens is 1. The minimum absolute atomic E-state index is 0.0600.